The largest absolute Gasteiger partial charge is 0.490 e. The number of rotatable bonds is 2. The summed E-state index contributed by atoms with van der Waals surface area (Å²) in [5.74, 6) is -3.38. The Morgan fingerprint density at radius 3 is 3.00 bits per heavy atom. The standard InChI is InChI=1S/C8H12BNO2/c1-6(2)7-3-8(9(11)12)5-10-4-7/h3-6,11-12H,1-2H3/i1D3,2D3,3D,4D,5D,6D. The van der Waals surface area contributed by atoms with Crippen molar-refractivity contribution in [2.45, 2.75) is 19.6 Å². The van der Waals surface area contributed by atoms with Gasteiger partial charge in [0.1, 0.15) is 0 Å². The Hall–Kier alpha value is -0.865. The van der Waals surface area contributed by atoms with Crippen LogP contribution in [0.5, 0.6) is 0 Å². The molecule has 12 heavy (non-hydrogen) atoms. The Morgan fingerprint density at radius 1 is 1.67 bits per heavy atom. The molecule has 0 fully saturated rings. The average Bonchev–Trinajstić information content (AvgIpc) is 2.23. The fraction of sp³-hybridized carbons (Fsp3) is 0.375. The van der Waals surface area contributed by atoms with Gasteiger partial charge in [0.05, 0.1) is 4.11 Å². The van der Waals surface area contributed by atoms with Crippen molar-refractivity contribution >= 4 is 12.6 Å². The van der Waals surface area contributed by atoms with Crippen LogP contribution in [0.25, 0.3) is 0 Å². The van der Waals surface area contributed by atoms with Gasteiger partial charge in [-0.25, -0.2) is 0 Å². The fourth-order valence-electron chi connectivity index (χ4n) is 0.575. The van der Waals surface area contributed by atoms with E-state index in [1.54, 1.807) is 0 Å². The summed E-state index contributed by atoms with van der Waals surface area (Å²) in [6.07, 6.45) is -1.94. The van der Waals surface area contributed by atoms with Crippen LogP contribution >= 0.6 is 0 Å². The van der Waals surface area contributed by atoms with E-state index in [1.165, 1.54) is 0 Å². The Balaban J connectivity index is 3.91. The first kappa shape index (κ1) is 2.56. The molecule has 0 saturated heterocycles. The number of hydrogen-bond acceptors (Lipinski definition) is 3. The van der Waals surface area contributed by atoms with E-state index in [-0.39, 0.29) is 0 Å². The molecule has 0 unspecified atom stereocenters. The molecule has 1 aromatic heterocycles. The summed E-state index contributed by atoms with van der Waals surface area (Å²) < 4.78 is 74.6. The molecule has 0 aliphatic rings. The van der Waals surface area contributed by atoms with Crippen LogP contribution in [0.2, 0.25) is 0 Å². The Morgan fingerprint density at radius 2 is 2.42 bits per heavy atom. The SMILES string of the molecule is [2H]c1nc([2H])c(C([2H])(C([2H])([2H])[2H])C([2H])([2H])[2H])c([2H])c1B(O)O. The number of pyridine rings is 1. The zero-order valence-electron chi connectivity index (χ0n) is 15.9. The van der Waals surface area contributed by atoms with Gasteiger partial charge >= 0.3 is 7.12 Å². The third kappa shape index (κ3) is 2.06. The van der Waals surface area contributed by atoms with Crippen molar-refractivity contribution < 1.29 is 23.8 Å². The van der Waals surface area contributed by atoms with Gasteiger partial charge in [0.25, 0.3) is 0 Å². The maximum Gasteiger partial charge on any atom is 0.490 e. The monoisotopic (exact) mass is 175 g/mol. The van der Waals surface area contributed by atoms with Gasteiger partial charge in [0, 0.05) is 27.4 Å². The molecular formula is C8H12BNO2. The van der Waals surface area contributed by atoms with Gasteiger partial charge in [-0.3, -0.25) is 4.98 Å². The van der Waals surface area contributed by atoms with Crippen molar-refractivity contribution in [3.8, 4) is 0 Å². The molecule has 0 radical (unpaired) electrons. The predicted molar refractivity (Wildman–Crippen MR) is 48.2 cm³/mol. The Kier molecular flexibility index (Phi) is 0.788. The van der Waals surface area contributed by atoms with Gasteiger partial charge in [-0.1, -0.05) is 19.7 Å². The normalized spacial score (nSPS) is 25.5. The molecule has 0 spiro atoms. The van der Waals surface area contributed by atoms with E-state index in [1.807, 2.05) is 0 Å². The van der Waals surface area contributed by atoms with Crippen LogP contribution < -0.4 is 5.46 Å². The van der Waals surface area contributed by atoms with Crippen LogP contribution in [0.3, 0.4) is 0 Å². The third-order valence-corrected chi connectivity index (χ3v) is 1.11. The first-order chi connectivity index (χ1) is 9.66. The van der Waals surface area contributed by atoms with Crippen LogP contribution in [0.15, 0.2) is 18.4 Å². The molecule has 0 aliphatic heterocycles. The van der Waals surface area contributed by atoms with Gasteiger partial charge in [-0.05, 0) is 11.5 Å². The topological polar surface area (TPSA) is 53.4 Å². The lowest BCUT2D eigenvalue weighted by atomic mass is 9.80. The zero-order chi connectivity index (χ0) is 17.7. The second-order valence-corrected chi connectivity index (χ2v) is 2.00. The molecule has 0 saturated carbocycles. The lowest BCUT2D eigenvalue weighted by Gasteiger charge is -2.05. The van der Waals surface area contributed by atoms with E-state index < -0.39 is 56.1 Å². The molecule has 0 aromatic carbocycles. The molecule has 4 heteroatoms. The molecule has 1 heterocycles. The third-order valence-electron chi connectivity index (χ3n) is 1.11. The first-order valence-corrected chi connectivity index (χ1v) is 3.00. The van der Waals surface area contributed by atoms with Crippen molar-refractivity contribution in [2.75, 3.05) is 0 Å². The summed E-state index contributed by atoms with van der Waals surface area (Å²) in [6, 6.07) is -1.08. The highest BCUT2D eigenvalue weighted by Gasteiger charge is 2.12. The van der Waals surface area contributed by atoms with Gasteiger partial charge in [-0.2, -0.15) is 0 Å². The molecule has 3 nitrogen and oxygen atoms in total. The summed E-state index contributed by atoms with van der Waals surface area (Å²) in [5.41, 5.74) is -1.97. The smallest absolute Gasteiger partial charge is 0.423 e. The predicted octanol–water partition coefficient (Wildman–Crippen LogP) is -0.115. The minimum absolute atomic E-state index is 0.865. The second-order valence-electron chi connectivity index (χ2n) is 2.00. The van der Waals surface area contributed by atoms with Gasteiger partial charge in [0.2, 0.25) is 0 Å². The molecule has 0 atom stereocenters. The van der Waals surface area contributed by atoms with E-state index >= 15 is 0 Å². The van der Waals surface area contributed by atoms with E-state index in [4.69, 9.17) is 23.8 Å². The summed E-state index contributed by atoms with van der Waals surface area (Å²) in [5, 5.41) is 18.3. The fourth-order valence-corrected chi connectivity index (χ4v) is 0.575. The molecule has 2 N–H and O–H groups in total. The second kappa shape index (κ2) is 3.69. The van der Waals surface area contributed by atoms with Crippen molar-refractivity contribution in [1.82, 2.24) is 4.98 Å². The highest BCUT2D eigenvalue weighted by molar-refractivity contribution is 6.58. The Labute approximate surface area is 86.3 Å². The first-order valence-electron chi connectivity index (χ1n) is 8.00. The van der Waals surface area contributed by atoms with E-state index in [9.17, 15) is 0 Å². The van der Waals surface area contributed by atoms with Gasteiger partial charge < -0.3 is 10.0 Å². The van der Waals surface area contributed by atoms with E-state index in [2.05, 4.69) is 4.98 Å². The van der Waals surface area contributed by atoms with Crippen LogP contribution in [-0.4, -0.2) is 22.2 Å². The van der Waals surface area contributed by atoms with Crippen molar-refractivity contribution in [2.24, 2.45) is 0 Å². The summed E-state index contributed by atoms with van der Waals surface area (Å²) in [6.45, 7) is -6.90. The van der Waals surface area contributed by atoms with Gasteiger partial charge in [-0.15, -0.1) is 0 Å². The summed E-state index contributed by atoms with van der Waals surface area (Å²) in [4.78, 5) is 3.22. The van der Waals surface area contributed by atoms with E-state index in [0.717, 1.165) is 0 Å². The van der Waals surface area contributed by atoms with Crippen LogP contribution in [-0.2, 0) is 0 Å². The van der Waals surface area contributed by atoms with E-state index in [0.29, 0.717) is 0 Å². The van der Waals surface area contributed by atoms with Crippen LogP contribution in [0, 0.1) is 0 Å². The quantitative estimate of drug-likeness (QED) is 0.616. The van der Waals surface area contributed by atoms with Crippen molar-refractivity contribution in [1.29, 1.82) is 0 Å². The average molecular weight is 175 g/mol. The molecule has 1 aromatic rings. The lowest BCUT2D eigenvalue weighted by Crippen LogP contribution is -2.30. The summed E-state index contributed by atoms with van der Waals surface area (Å²) in [7, 11) is -2.40. The van der Waals surface area contributed by atoms with Crippen molar-refractivity contribution in [3.63, 3.8) is 0 Å². The molecular weight excluding hydrogens is 153 g/mol. The molecule has 0 aliphatic carbocycles. The maximum absolute atomic E-state index is 9.14. The minimum Gasteiger partial charge on any atom is -0.423 e. The highest BCUT2D eigenvalue weighted by atomic mass is 16.4. The number of aromatic nitrogens is 1. The number of nitrogens with zero attached hydrogens (tertiary/aromatic N) is 1. The lowest BCUT2D eigenvalue weighted by molar-refractivity contribution is 0.425. The van der Waals surface area contributed by atoms with Crippen LogP contribution in [0.1, 0.15) is 38.9 Å². The molecule has 64 valence electrons. The highest BCUT2D eigenvalue weighted by Crippen LogP contribution is 2.10. The maximum atomic E-state index is 9.14. The Bertz CT molecular complexity index is 570. The summed E-state index contributed by atoms with van der Waals surface area (Å²) >= 11 is 0. The van der Waals surface area contributed by atoms with Gasteiger partial charge in [0.15, 0.2) is 0 Å². The zero-order valence-corrected chi connectivity index (χ0v) is 5.92. The molecule has 0 bridgehead atoms. The van der Waals surface area contributed by atoms with Crippen LogP contribution in [0.4, 0.5) is 0 Å². The van der Waals surface area contributed by atoms with Crippen molar-refractivity contribution in [3.05, 3.63) is 24.0 Å². The minimum atomic E-state index is -3.45. The molecule has 0 amide bonds. The molecule has 1 rings (SSSR count). The number of hydrogen-bond donors (Lipinski definition) is 2.